The molecule has 2 atom stereocenters. The first-order valence-electron chi connectivity index (χ1n) is 6.46. The second-order valence-corrected chi connectivity index (χ2v) is 7.21. The summed E-state index contributed by atoms with van der Waals surface area (Å²) in [7, 11) is -0.854. The van der Waals surface area contributed by atoms with Crippen LogP contribution in [0, 0.1) is 0 Å². The van der Waals surface area contributed by atoms with Crippen molar-refractivity contribution in [3.05, 3.63) is 18.3 Å². The van der Waals surface area contributed by atoms with Gasteiger partial charge in [0.15, 0.2) is 10.8 Å². The topological polar surface area (TPSA) is 85.1 Å². The van der Waals surface area contributed by atoms with Gasteiger partial charge in [-0.15, -0.1) is 0 Å². The fourth-order valence-electron chi connectivity index (χ4n) is 2.00. The molecule has 2 aromatic rings. The normalized spacial score (nSPS) is 14.2. The summed E-state index contributed by atoms with van der Waals surface area (Å²) in [5.74, 6) is -0.333. The molecule has 2 rings (SSSR count). The van der Waals surface area contributed by atoms with Gasteiger partial charge in [0.05, 0.1) is 5.75 Å². The van der Waals surface area contributed by atoms with E-state index in [0.717, 1.165) is 17.6 Å². The van der Waals surface area contributed by atoms with Crippen LogP contribution in [0.15, 0.2) is 23.5 Å². The molecule has 0 aromatic carbocycles. The standard InChI is InChI=1S/C13H17N3O3S2/c1-9(5-7-21(2)19)16-12-10(4-3-6-14-12)15-13(16)20-8-11(17)18/h3-4,6,9H,5,7-8H2,1-2H3,(H,17,18). The third-order valence-electron chi connectivity index (χ3n) is 3.01. The molecule has 8 heteroatoms. The molecule has 0 radical (unpaired) electrons. The second kappa shape index (κ2) is 7.04. The summed E-state index contributed by atoms with van der Waals surface area (Å²) in [6.07, 6.45) is 4.10. The minimum absolute atomic E-state index is 0.0459. The maximum atomic E-state index is 11.3. The molecule has 2 heterocycles. The molecule has 0 aliphatic rings. The van der Waals surface area contributed by atoms with Gasteiger partial charge < -0.3 is 9.67 Å². The van der Waals surface area contributed by atoms with Gasteiger partial charge in [0, 0.05) is 35.0 Å². The molecule has 21 heavy (non-hydrogen) atoms. The number of carbonyl (C=O) groups is 1. The molecule has 1 N–H and O–H groups in total. The highest BCUT2D eigenvalue weighted by atomic mass is 32.2. The Balaban J connectivity index is 2.34. The number of rotatable bonds is 7. The maximum Gasteiger partial charge on any atom is 0.313 e. The van der Waals surface area contributed by atoms with E-state index in [-0.39, 0.29) is 11.8 Å². The minimum atomic E-state index is -0.881. The molecule has 0 spiro atoms. The van der Waals surface area contributed by atoms with Crippen LogP contribution in [0.1, 0.15) is 19.4 Å². The number of hydrogen-bond donors (Lipinski definition) is 1. The van der Waals surface area contributed by atoms with Crippen molar-refractivity contribution in [1.29, 1.82) is 0 Å². The number of thioether (sulfide) groups is 1. The van der Waals surface area contributed by atoms with Crippen LogP contribution < -0.4 is 0 Å². The number of pyridine rings is 1. The zero-order valence-corrected chi connectivity index (χ0v) is 13.5. The summed E-state index contributed by atoms with van der Waals surface area (Å²) in [4.78, 5) is 19.6. The first-order chi connectivity index (χ1) is 9.99. The first-order valence-corrected chi connectivity index (χ1v) is 9.18. The molecule has 6 nitrogen and oxygen atoms in total. The van der Waals surface area contributed by atoms with E-state index in [0.29, 0.717) is 10.9 Å². The van der Waals surface area contributed by atoms with Crippen molar-refractivity contribution in [2.24, 2.45) is 0 Å². The lowest BCUT2D eigenvalue weighted by molar-refractivity contribution is -0.133. The van der Waals surface area contributed by atoms with Crippen LogP contribution in [-0.4, -0.2) is 47.6 Å². The quantitative estimate of drug-likeness (QED) is 0.782. The van der Waals surface area contributed by atoms with Gasteiger partial charge in [-0.3, -0.25) is 9.00 Å². The van der Waals surface area contributed by atoms with Crippen LogP contribution in [0.25, 0.3) is 11.2 Å². The average molecular weight is 327 g/mol. The van der Waals surface area contributed by atoms with Crippen molar-refractivity contribution in [2.75, 3.05) is 17.8 Å². The number of carboxylic acid groups (broad SMARTS) is 1. The first kappa shape index (κ1) is 16.0. The van der Waals surface area contributed by atoms with E-state index >= 15 is 0 Å². The van der Waals surface area contributed by atoms with E-state index in [1.165, 1.54) is 11.8 Å². The van der Waals surface area contributed by atoms with E-state index in [9.17, 15) is 9.00 Å². The van der Waals surface area contributed by atoms with Gasteiger partial charge in [-0.2, -0.15) is 0 Å². The lowest BCUT2D eigenvalue weighted by atomic mass is 10.2. The molecule has 2 aromatic heterocycles. The Labute approximate surface area is 129 Å². The number of aliphatic carboxylic acids is 1. The van der Waals surface area contributed by atoms with Crippen molar-refractivity contribution in [3.63, 3.8) is 0 Å². The van der Waals surface area contributed by atoms with Crippen LogP contribution in [0.4, 0.5) is 0 Å². The molecule has 0 fully saturated rings. The molecule has 0 bridgehead atoms. The number of fused-ring (bicyclic) bond motifs is 1. The molecular weight excluding hydrogens is 310 g/mol. The highest BCUT2D eigenvalue weighted by Crippen LogP contribution is 2.28. The predicted molar refractivity (Wildman–Crippen MR) is 84.1 cm³/mol. The van der Waals surface area contributed by atoms with Crippen molar-refractivity contribution in [2.45, 2.75) is 24.5 Å². The van der Waals surface area contributed by atoms with Crippen LogP contribution >= 0.6 is 11.8 Å². The molecule has 0 saturated heterocycles. The van der Waals surface area contributed by atoms with Crippen LogP contribution in [-0.2, 0) is 15.6 Å². The van der Waals surface area contributed by atoms with Gasteiger partial charge in [0.2, 0.25) is 0 Å². The average Bonchev–Trinajstić information content (AvgIpc) is 2.80. The summed E-state index contributed by atoms with van der Waals surface area (Å²) >= 11 is 1.18. The summed E-state index contributed by atoms with van der Waals surface area (Å²) in [6.45, 7) is 2.01. The third-order valence-corrected chi connectivity index (χ3v) is 4.75. The van der Waals surface area contributed by atoms with Crippen molar-refractivity contribution < 1.29 is 14.1 Å². The number of imidazole rings is 1. The van der Waals surface area contributed by atoms with Crippen LogP contribution in [0.5, 0.6) is 0 Å². The van der Waals surface area contributed by atoms with E-state index < -0.39 is 16.8 Å². The second-order valence-electron chi connectivity index (χ2n) is 4.71. The van der Waals surface area contributed by atoms with Crippen molar-refractivity contribution in [1.82, 2.24) is 14.5 Å². The number of aromatic nitrogens is 3. The van der Waals surface area contributed by atoms with Gasteiger partial charge in [-0.25, -0.2) is 9.97 Å². The largest absolute Gasteiger partial charge is 0.481 e. The fraction of sp³-hybridized carbons (Fsp3) is 0.462. The van der Waals surface area contributed by atoms with Crippen LogP contribution in [0.3, 0.4) is 0 Å². The number of hydrogen-bond acceptors (Lipinski definition) is 5. The lowest BCUT2D eigenvalue weighted by Crippen LogP contribution is -2.11. The predicted octanol–water partition coefficient (Wildman–Crippen LogP) is 1.94. The molecule has 2 unspecified atom stereocenters. The minimum Gasteiger partial charge on any atom is -0.481 e. The van der Waals surface area contributed by atoms with E-state index in [4.69, 9.17) is 5.11 Å². The Bertz CT molecular complexity index is 672. The Morgan fingerprint density at radius 2 is 2.33 bits per heavy atom. The molecule has 0 aliphatic carbocycles. The third kappa shape index (κ3) is 4.04. The Morgan fingerprint density at radius 1 is 1.57 bits per heavy atom. The summed E-state index contributed by atoms with van der Waals surface area (Å²) in [5.41, 5.74) is 1.48. The molecule has 114 valence electrons. The Morgan fingerprint density at radius 3 is 3.00 bits per heavy atom. The molecule has 0 saturated carbocycles. The van der Waals surface area contributed by atoms with E-state index in [1.807, 2.05) is 17.6 Å². The molecule has 0 amide bonds. The van der Waals surface area contributed by atoms with Gasteiger partial charge in [0.1, 0.15) is 5.52 Å². The van der Waals surface area contributed by atoms with Crippen molar-refractivity contribution in [3.8, 4) is 0 Å². The summed E-state index contributed by atoms with van der Waals surface area (Å²) in [6, 6.07) is 3.72. The van der Waals surface area contributed by atoms with Gasteiger partial charge >= 0.3 is 5.97 Å². The van der Waals surface area contributed by atoms with E-state index in [1.54, 1.807) is 18.5 Å². The zero-order chi connectivity index (χ0) is 15.4. The van der Waals surface area contributed by atoms with Crippen molar-refractivity contribution >= 4 is 39.7 Å². The van der Waals surface area contributed by atoms with E-state index in [2.05, 4.69) is 9.97 Å². The van der Waals surface area contributed by atoms with Gasteiger partial charge in [0.25, 0.3) is 0 Å². The van der Waals surface area contributed by atoms with Gasteiger partial charge in [-0.1, -0.05) is 11.8 Å². The van der Waals surface area contributed by atoms with Gasteiger partial charge in [-0.05, 0) is 25.5 Å². The number of nitrogens with zero attached hydrogens (tertiary/aromatic N) is 3. The highest BCUT2D eigenvalue weighted by Gasteiger charge is 2.18. The Kier molecular flexibility index (Phi) is 5.35. The molecule has 0 aliphatic heterocycles. The lowest BCUT2D eigenvalue weighted by Gasteiger charge is -2.15. The van der Waals surface area contributed by atoms with Crippen LogP contribution in [0.2, 0.25) is 0 Å². The zero-order valence-electron chi connectivity index (χ0n) is 11.9. The summed E-state index contributed by atoms with van der Waals surface area (Å²) in [5, 5.41) is 9.48. The number of carboxylic acids is 1. The molecular formula is C13H17N3O3S2. The summed E-state index contributed by atoms with van der Waals surface area (Å²) < 4.78 is 13.2. The maximum absolute atomic E-state index is 11.3. The SMILES string of the molecule is CC(CCS(C)=O)n1c(SCC(=O)O)nc2cccnc21. The monoisotopic (exact) mass is 327 g/mol. The highest BCUT2D eigenvalue weighted by molar-refractivity contribution is 7.99. The smallest absolute Gasteiger partial charge is 0.313 e. The fourth-order valence-corrected chi connectivity index (χ4v) is 3.49. The Hall–Kier alpha value is -1.41.